The monoisotopic (exact) mass is 327 g/mol. The predicted octanol–water partition coefficient (Wildman–Crippen LogP) is 3.90. The molecule has 3 rings (SSSR count). The summed E-state index contributed by atoms with van der Waals surface area (Å²) in [4.78, 5) is 14.6. The van der Waals surface area contributed by atoms with Crippen LogP contribution in [0.5, 0.6) is 0 Å². The van der Waals surface area contributed by atoms with E-state index < -0.39 is 11.5 Å². The van der Waals surface area contributed by atoms with Gasteiger partial charge in [-0.15, -0.1) is 6.58 Å². The SMILES string of the molecule is C=C[C@@H](C)[C@@]1(O)C(=O)N(Cc2ccccc2)c2cc(Cl)ccc21. The fourth-order valence-electron chi connectivity index (χ4n) is 3.01. The maximum Gasteiger partial charge on any atom is 0.264 e. The molecule has 1 amide bonds. The molecule has 0 saturated heterocycles. The number of fused-ring (bicyclic) bond motifs is 1. The number of benzene rings is 2. The number of hydrogen-bond acceptors (Lipinski definition) is 2. The summed E-state index contributed by atoms with van der Waals surface area (Å²) in [6.45, 7) is 5.90. The molecule has 1 N–H and O–H groups in total. The third kappa shape index (κ3) is 2.46. The fourth-order valence-corrected chi connectivity index (χ4v) is 3.18. The van der Waals surface area contributed by atoms with Crippen LogP contribution in [0.4, 0.5) is 5.69 Å². The van der Waals surface area contributed by atoms with E-state index >= 15 is 0 Å². The van der Waals surface area contributed by atoms with Crippen LogP contribution in [-0.4, -0.2) is 11.0 Å². The van der Waals surface area contributed by atoms with Gasteiger partial charge < -0.3 is 10.0 Å². The molecule has 2 aromatic carbocycles. The van der Waals surface area contributed by atoms with Crippen LogP contribution in [0.1, 0.15) is 18.1 Å². The summed E-state index contributed by atoms with van der Waals surface area (Å²) in [5.74, 6) is -0.748. The van der Waals surface area contributed by atoms with E-state index in [0.29, 0.717) is 22.8 Å². The summed E-state index contributed by atoms with van der Waals surface area (Å²) < 4.78 is 0. The van der Waals surface area contributed by atoms with Crippen molar-refractivity contribution in [3.05, 3.63) is 77.3 Å². The topological polar surface area (TPSA) is 40.5 Å². The molecule has 0 fully saturated rings. The van der Waals surface area contributed by atoms with Crippen LogP contribution in [0.15, 0.2) is 61.2 Å². The van der Waals surface area contributed by atoms with Gasteiger partial charge in [0.25, 0.3) is 5.91 Å². The zero-order chi connectivity index (χ0) is 16.6. The number of aliphatic hydroxyl groups is 1. The highest BCUT2D eigenvalue weighted by Gasteiger charge is 2.52. The first-order valence-corrected chi connectivity index (χ1v) is 7.87. The van der Waals surface area contributed by atoms with Gasteiger partial charge in [0.05, 0.1) is 12.2 Å². The van der Waals surface area contributed by atoms with Crippen molar-refractivity contribution < 1.29 is 9.90 Å². The maximum atomic E-state index is 13.0. The molecule has 0 aliphatic carbocycles. The largest absolute Gasteiger partial charge is 0.375 e. The van der Waals surface area contributed by atoms with E-state index in [1.54, 1.807) is 36.1 Å². The Morgan fingerprint density at radius 2 is 2.00 bits per heavy atom. The number of hydrogen-bond donors (Lipinski definition) is 1. The molecule has 0 saturated carbocycles. The van der Waals surface area contributed by atoms with Crippen LogP contribution in [0.3, 0.4) is 0 Å². The number of nitrogens with zero attached hydrogens (tertiary/aromatic N) is 1. The maximum absolute atomic E-state index is 13.0. The molecule has 2 atom stereocenters. The summed E-state index contributed by atoms with van der Waals surface area (Å²) in [6, 6.07) is 14.8. The Morgan fingerprint density at radius 3 is 2.65 bits per heavy atom. The van der Waals surface area contributed by atoms with Crippen molar-refractivity contribution in [2.45, 2.75) is 19.1 Å². The van der Waals surface area contributed by atoms with Crippen LogP contribution in [0.2, 0.25) is 5.02 Å². The fraction of sp³-hybridized carbons (Fsp3) is 0.211. The minimum atomic E-state index is -1.60. The lowest BCUT2D eigenvalue weighted by Gasteiger charge is -2.27. The highest BCUT2D eigenvalue weighted by Crippen LogP contribution is 2.46. The van der Waals surface area contributed by atoms with Gasteiger partial charge in [-0.1, -0.05) is 61.0 Å². The first-order valence-electron chi connectivity index (χ1n) is 7.49. The number of carbonyl (C=O) groups is 1. The van der Waals surface area contributed by atoms with Gasteiger partial charge in [0, 0.05) is 16.5 Å². The van der Waals surface area contributed by atoms with Crippen LogP contribution in [-0.2, 0) is 16.9 Å². The summed E-state index contributed by atoms with van der Waals surface area (Å²) in [5.41, 5.74) is 0.622. The van der Waals surface area contributed by atoms with Gasteiger partial charge in [-0.3, -0.25) is 4.79 Å². The smallest absolute Gasteiger partial charge is 0.264 e. The lowest BCUT2D eigenvalue weighted by atomic mass is 9.83. The second-order valence-corrected chi connectivity index (χ2v) is 6.27. The van der Waals surface area contributed by atoms with Gasteiger partial charge in [-0.2, -0.15) is 0 Å². The highest BCUT2D eigenvalue weighted by atomic mass is 35.5. The van der Waals surface area contributed by atoms with Crippen LogP contribution in [0, 0.1) is 5.92 Å². The second kappa shape index (κ2) is 5.84. The van der Waals surface area contributed by atoms with E-state index in [2.05, 4.69) is 6.58 Å². The van der Waals surface area contributed by atoms with Gasteiger partial charge >= 0.3 is 0 Å². The summed E-state index contributed by atoms with van der Waals surface area (Å²) in [6.07, 6.45) is 1.60. The lowest BCUT2D eigenvalue weighted by molar-refractivity contribution is -0.139. The molecule has 0 spiro atoms. The molecule has 118 valence electrons. The Bertz CT molecular complexity index is 759. The summed E-state index contributed by atoms with van der Waals surface area (Å²) in [7, 11) is 0. The molecule has 1 aliphatic rings. The van der Waals surface area contributed by atoms with Crippen LogP contribution < -0.4 is 4.90 Å². The van der Waals surface area contributed by atoms with Crippen molar-refractivity contribution in [1.82, 2.24) is 0 Å². The van der Waals surface area contributed by atoms with E-state index in [1.165, 1.54) is 0 Å². The van der Waals surface area contributed by atoms with Crippen molar-refractivity contribution in [1.29, 1.82) is 0 Å². The van der Waals surface area contributed by atoms with E-state index in [4.69, 9.17) is 11.6 Å². The van der Waals surface area contributed by atoms with E-state index in [-0.39, 0.29) is 5.91 Å². The molecule has 0 bridgehead atoms. The minimum Gasteiger partial charge on any atom is -0.375 e. The molecular formula is C19H18ClNO2. The second-order valence-electron chi connectivity index (χ2n) is 5.83. The molecule has 0 aromatic heterocycles. The molecule has 3 nitrogen and oxygen atoms in total. The molecule has 1 heterocycles. The highest BCUT2D eigenvalue weighted by molar-refractivity contribution is 6.31. The van der Waals surface area contributed by atoms with E-state index in [1.807, 2.05) is 30.3 Å². The van der Waals surface area contributed by atoms with E-state index in [0.717, 1.165) is 5.56 Å². The normalized spacial score (nSPS) is 21.2. The van der Waals surface area contributed by atoms with Crippen molar-refractivity contribution in [3.8, 4) is 0 Å². The Balaban J connectivity index is 2.10. The zero-order valence-electron chi connectivity index (χ0n) is 12.9. The summed E-state index contributed by atoms with van der Waals surface area (Å²) in [5, 5.41) is 11.6. The molecule has 2 aromatic rings. The number of amides is 1. The van der Waals surface area contributed by atoms with Gasteiger partial charge in [0.15, 0.2) is 5.60 Å². The third-order valence-corrected chi connectivity index (χ3v) is 4.66. The molecular weight excluding hydrogens is 310 g/mol. The Morgan fingerprint density at radius 1 is 1.30 bits per heavy atom. The number of halogens is 1. The molecule has 1 aliphatic heterocycles. The first-order chi connectivity index (χ1) is 11.0. The molecule has 4 heteroatoms. The quantitative estimate of drug-likeness (QED) is 0.865. The average molecular weight is 328 g/mol. The minimum absolute atomic E-state index is 0.342. The molecule has 0 radical (unpaired) electrons. The predicted molar refractivity (Wildman–Crippen MR) is 92.3 cm³/mol. The third-order valence-electron chi connectivity index (χ3n) is 4.43. The van der Waals surface area contributed by atoms with E-state index in [9.17, 15) is 9.90 Å². The van der Waals surface area contributed by atoms with Gasteiger partial charge in [0.2, 0.25) is 0 Å². The average Bonchev–Trinajstić information content (AvgIpc) is 2.77. The zero-order valence-corrected chi connectivity index (χ0v) is 13.6. The number of carbonyl (C=O) groups excluding carboxylic acids is 1. The van der Waals surface area contributed by atoms with Crippen molar-refractivity contribution in [2.75, 3.05) is 4.90 Å². The van der Waals surface area contributed by atoms with Crippen LogP contribution in [0.25, 0.3) is 0 Å². The molecule has 23 heavy (non-hydrogen) atoms. The standard InChI is InChI=1S/C19H18ClNO2/c1-3-13(2)19(23)16-10-9-15(20)11-17(16)21(18(19)22)12-14-7-5-4-6-8-14/h3-11,13,23H,1,12H2,2H3/t13-,19+/m1/s1. The van der Waals surface area contributed by atoms with Gasteiger partial charge in [-0.05, 0) is 17.7 Å². The number of rotatable bonds is 4. The Labute approximate surface area is 140 Å². The number of anilines is 1. The first kappa shape index (κ1) is 15.8. The Kier molecular flexibility index (Phi) is 4.00. The Hall–Kier alpha value is -2.10. The van der Waals surface area contributed by atoms with Gasteiger partial charge in [-0.25, -0.2) is 0 Å². The summed E-state index contributed by atoms with van der Waals surface area (Å²) >= 11 is 6.11. The molecule has 0 unspecified atom stereocenters. The lowest BCUT2D eigenvalue weighted by Crippen LogP contribution is -2.44. The van der Waals surface area contributed by atoms with Crippen molar-refractivity contribution >= 4 is 23.2 Å². The van der Waals surface area contributed by atoms with Gasteiger partial charge in [0.1, 0.15) is 0 Å². The van der Waals surface area contributed by atoms with Crippen molar-refractivity contribution in [3.63, 3.8) is 0 Å². The van der Waals surface area contributed by atoms with Crippen molar-refractivity contribution in [2.24, 2.45) is 5.92 Å². The van der Waals surface area contributed by atoms with Crippen LogP contribution >= 0.6 is 11.6 Å².